The number of isocyanates is 1. The summed E-state index contributed by atoms with van der Waals surface area (Å²) in [6, 6.07) is 0. The zero-order valence-corrected chi connectivity index (χ0v) is 9.60. The number of rotatable bonds is 2. The van der Waals surface area contributed by atoms with Crippen LogP contribution in [-0.4, -0.2) is 20.2 Å². The minimum Gasteiger partial charge on any atom is -0.211 e. The Bertz CT molecular complexity index is 206. The SMILES string of the molecule is CC(N=C=O)(C(Cl)Cl)C(Cl)(Cl)Cl. The van der Waals surface area contributed by atoms with Crippen LogP contribution < -0.4 is 0 Å². The average Bonchev–Trinajstić information content (AvgIpc) is 1.85. The van der Waals surface area contributed by atoms with Crippen LogP contribution in [0.4, 0.5) is 0 Å². The minimum absolute atomic E-state index is 1.11. The molecule has 0 aromatic carbocycles. The number of hydrogen-bond acceptors (Lipinski definition) is 2. The van der Waals surface area contributed by atoms with Crippen molar-refractivity contribution in [2.45, 2.75) is 21.1 Å². The summed E-state index contributed by atoms with van der Waals surface area (Å²) in [5, 5.41) is 0. The van der Waals surface area contributed by atoms with Gasteiger partial charge in [-0.25, -0.2) is 4.79 Å². The first-order valence-corrected chi connectivity index (χ1v) is 4.70. The molecule has 0 amide bonds. The molecule has 0 aliphatic carbocycles. The van der Waals surface area contributed by atoms with Crippen LogP contribution in [0, 0.1) is 0 Å². The molecule has 0 aromatic heterocycles. The van der Waals surface area contributed by atoms with Crippen molar-refractivity contribution < 1.29 is 4.79 Å². The average molecular weight is 271 g/mol. The van der Waals surface area contributed by atoms with Gasteiger partial charge in [-0.05, 0) is 6.92 Å². The molecule has 0 heterocycles. The summed E-state index contributed by atoms with van der Waals surface area (Å²) in [6.45, 7) is 1.34. The van der Waals surface area contributed by atoms with Crippen molar-refractivity contribution in [3.8, 4) is 0 Å². The van der Waals surface area contributed by atoms with Gasteiger partial charge in [0, 0.05) is 0 Å². The minimum atomic E-state index is -1.85. The molecule has 0 rings (SSSR count). The second-order valence-corrected chi connectivity index (χ2v) is 5.53. The Morgan fingerprint density at radius 3 is 1.83 bits per heavy atom. The second-order valence-electron chi connectivity index (χ2n) is 2.15. The van der Waals surface area contributed by atoms with E-state index in [1.54, 1.807) is 0 Å². The van der Waals surface area contributed by atoms with Crippen molar-refractivity contribution >= 4 is 64.1 Å². The second kappa shape index (κ2) is 4.36. The number of hydrogen-bond donors (Lipinski definition) is 0. The molecule has 70 valence electrons. The van der Waals surface area contributed by atoms with Gasteiger partial charge in [0.1, 0.15) is 10.4 Å². The Labute approximate surface area is 94.8 Å². The zero-order valence-electron chi connectivity index (χ0n) is 5.82. The van der Waals surface area contributed by atoms with Gasteiger partial charge in [0.15, 0.2) is 0 Å². The first kappa shape index (κ1) is 12.8. The molecule has 2 nitrogen and oxygen atoms in total. The molecule has 0 spiro atoms. The molecule has 12 heavy (non-hydrogen) atoms. The molecule has 0 saturated heterocycles. The van der Waals surface area contributed by atoms with Crippen molar-refractivity contribution in [1.82, 2.24) is 0 Å². The Morgan fingerprint density at radius 1 is 1.33 bits per heavy atom. The Hall–Kier alpha value is 0.830. The third kappa shape index (κ3) is 2.66. The van der Waals surface area contributed by atoms with E-state index in [1.807, 2.05) is 0 Å². The van der Waals surface area contributed by atoms with Crippen LogP contribution in [0.15, 0.2) is 4.99 Å². The first-order valence-electron chi connectivity index (χ1n) is 2.69. The third-order valence-corrected chi connectivity index (χ3v) is 3.27. The Balaban J connectivity index is 5.01. The van der Waals surface area contributed by atoms with Crippen molar-refractivity contribution in [3.05, 3.63) is 0 Å². The lowest BCUT2D eigenvalue weighted by molar-refractivity contribution is 0.498. The lowest BCUT2D eigenvalue weighted by Crippen LogP contribution is -2.43. The van der Waals surface area contributed by atoms with E-state index in [4.69, 9.17) is 58.0 Å². The molecule has 0 aliphatic rings. The van der Waals surface area contributed by atoms with Crippen LogP contribution in [0.1, 0.15) is 6.92 Å². The maximum Gasteiger partial charge on any atom is 0.235 e. The standard InChI is InChI=1S/C5H4Cl5NO/c1-4(3(6)7,11-2-12)5(8,9)10/h3H,1H3. The smallest absolute Gasteiger partial charge is 0.211 e. The lowest BCUT2D eigenvalue weighted by Gasteiger charge is -2.31. The zero-order chi connectivity index (χ0) is 9.99. The van der Waals surface area contributed by atoms with Crippen LogP contribution in [0.25, 0.3) is 0 Å². The summed E-state index contributed by atoms with van der Waals surface area (Å²) in [5.74, 6) is 0. The largest absolute Gasteiger partial charge is 0.235 e. The maximum atomic E-state index is 9.99. The molecular weight excluding hydrogens is 267 g/mol. The van der Waals surface area contributed by atoms with Gasteiger partial charge in [-0.2, -0.15) is 4.99 Å². The van der Waals surface area contributed by atoms with E-state index in [0.29, 0.717) is 0 Å². The monoisotopic (exact) mass is 269 g/mol. The van der Waals surface area contributed by atoms with Gasteiger partial charge in [0.25, 0.3) is 0 Å². The topological polar surface area (TPSA) is 29.4 Å². The fraction of sp³-hybridized carbons (Fsp3) is 0.800. The van der Waals surface area contributed by atoms with E-state index in [2.05, 4.69) is 4.99 Å². The van der Waals surface area contributed by atoms with Gasteiger partial charge >= 0.3 is 0 Å². The fourth-order valence-corrected chi connectivity index (χ4v) is 1.54. The maximum absolute atomic E-state index is 9.99. The van der Waals surface area contributed by atoms with Gasteiger partial charge in [-0.3, -0.25) is 0 Å². The van der Waals surface area contributed by atoms with Crippen LogP contribution in [0.5, 0.6) is 0 Å². The summed E-state index contributed by atoms with van der Waals surface area (Å²) in [6.07, 6.45) is 1.25. The van der Waals surface area contributed by atoms with Crippen molar-refractivity contribution in [3.63, 3.8) is 0 Å². The molecule has 0 bridgehead atoms. The molecule has 0 N–H and O–H groups in total. The van der Waals surface area contributed by atoms with Crippen molar-refractivity contribution in [2.24, 2.45) is 4.99 Å². The number of alkyl halides is 5. The van der Waals surface area contributed by atoms with Crippen LogP contribution in [-0.2, 0) is 4.79 Å². The van der Waals surface area contributed by atoms with Gasteiger partial charge in [0.2, 0.25) is 9.87 Å². The number of nitrogens with zero attached hydrogens (tertiary/aromatic N) is 1. The highest BCUT2D eigenvalue weighted by molar-refractivity contribution is 6.69. The van der Waals surface area contributed by atoms with E-state index in [1.165, 1.54) is 13.0 Å². The highest BCUT2D eigenvalue weighted by Gasteiger charge is 2.50. The summed E-state index contributed by atoms with van der Waals surface area (Å²) in [7, 11) is 0. The van der Waals surface area contributed by atoms with Gasteiger partial charge in [-0.15, -0.1) is 23.2 Å². The molecule has 0 fully saturated rings. The summed E-state index contributed by atoms with van der Waals surface area (Å²) < 4.78 is -1.85. The van der Waals surface area contributed by atoms with Gasteiger partial charge in [0.05, 0.1) is 0 Å². The fourth-order valence-electron chi connectivity index (χ4n) is 0.331. The summed E-state index contributed by atoms with van der Waals surface area (Å²) in [5.41, 5.74) is -1.48. The molecule has 1 atom stereocenters. The number of halogens is 5. The normalized spacial score (nSPS) is 16.9. The summed E-state index contributed by atoms with van der Waals surface area (Å²) >= 11 is 27.5. The predicted molar refractivity (Wildman–Crippen MR) is 52.3 cm³/mol. The Kier molecular flexibility index (Phi) is 4.67. The van der Waals surface area contributed by atoms with Crippen LogP contribution >= 0.6 is 58.0 Å². The first-order chi connectivity index (χ1) is 5.25. The molecule has 0 saturated carbocycles. The highest BCUT2D eigenvalue weighted by Crippen LogP contribution is 2.45. The van der Waals surface area contributed by atoms with E-state index in [0.717, 1.165) is 0 Å². The molecule has 1 unspecified atom stereocenters. The third-order valence-electron chi connectivity index (χ3n) is 1.28. The Morgan fingerprint density at radius 2 is 1.75 bits per heavy atom. The number of aliphatic imine (C=N–C) groups is 1. The van der Waals surface area contributed by atoms with Crippen LogP contribution in [0.2, 0.25) is 0 Å². The van der Waals surface area contributed by atoms with E-state index in [-0.39, 0.29) is 0 Å². The lowest BCUT2D eigenvalue weighted by atomic mass is 10.1. The molecule has 0 aromatic rings. The van der Waals surface area contributed by atoms with Crippen molar-refractivity contribution in [2.75, 3.05) is 0 Å². The van der Waals surface area contributed by atoms with E-state index >= 15 is 0 Å². The van der Waals surface area contributed by atoms with E-state index < -0.39 is 14.2 Å². The molecule has 7 heteroatoms. The highest BCUT2D eigenvalue weighted by atomic mass is 35.6. The summed E-state index contributed by atoms with van der Waals surface area (Å²) in [4.78, 5) is 12.1. The quantitative estimate of drug-likeness (QED) is 0.430. The van der Waals surface area contributed by atoms with Crippen molar-refractivity contribution in [1.29, 1.82) is 0 Å². The van der Waals surface area contributed by atoms with Crippen LogP contribution in [0.3, 0.4) is 0 Å². The molecular formula is C5H4Cl5NO. The van der Waals surface area contributed by atoms with E-state index in [9.17, 15) is 4.79 Å². The number of carbonyl (C=O) groups excluding carboxylic acids is 1. The predicted octanol–water partition coefficient (Wildman–Crippen LogP) is 3.25. The molecule has 0 aliphatic heterocycles. The molecule has 0 radical (unpaired) electrons. The van der Waals surface area contributed by atoms with Gasteiger partial charge < -0.3 is 0 Å². The van der Waals surface area contributed by atoms with Gasteiger partial charge in [-0.1, -0.05) is 34.8 Å².